The summed E-state index contributed by atoms with van der Waals surface area (Å²) >= 11 is 0. The monoisotopic (exact) mass is 260 g/mol. The minimum Gasteiger partial charge on any atom is -1.00 e. The quantitative estimate of drug-likeness (QED) is 0.321. The fourth-order valence-corrected chi connectivity index (χ4v) is 2.22. The Balaban J connectivity index is -0.000000980. The van der Waals surface area contributed by atoms with Gasteiger partial charge in [-0.15, -0.1) is 0 Å². The zero-order valence-corrected chi connectivity index (χ0v) is 13.8. The van der Waals surface area contributed by atoms with Gasteiger partial charge in [0.05, 0.1) is 12.9 Å². The predicted octanol–water partition coefficient (Wildman–Crippen LogP) is 0.220. The van der Waals surface area contributed by atoms with Gasteiger partial charge in [0.1, 0.15) is 0 Å². The van der Waals surface area contributed by atoms with E-state index in [2.05, 4.69) is 11.1 Å². The van der Waals surface area contributed by atoms with E-state index in [-0.39, 0.29) is 36.7 Å². The van der Waals surface area contributed by atoms with Gasteiger partial charge in [-0.2, -0.15) is 8.42 Å². The minimum atomic E-state index is -3.22. The van der Waals surface area contributed by atoms with Crippen molar-refractivity contribution in [3.05, 3.63) is 0 Å². The van der Waals surface area contributed by atoms with Crippen molar-refractivity contribution < 1.29 is 43.6 Å². The molecule has 0 bridgehead atoms. The van der Waals surface area contributed by atoms with E-state index in [1.807, 2.05) is 0 Å². The molecule has 0 aromatic rings. The number of rotatable bonds is 10. The second-order valence-electron chi connectivity index (χ2n) is 3.90. The molecular formula is C11H25NaO3S. The molecule has 0 N–H and O–H groups in total. The average Bonchev–Trinajstić information content (AvgIpc) is 2.22. The van der Waals surface area contributed by atoms with Gasteiger partial charge < -0.3 is 1.43 Å². The molecule has 0 rings (SSSR count). The maximum atomic E-state index is 11.0. The third-order valence-electron chi connectivity index (χ3n) is 2.50. The minimum absolute atomic E-state index is 0. The molecule has 0 radical (unpaired) electrons. The molecule has 0 atom stereocenters. The molecule has 0 spiro atoms. The standard InChI is InChI=1S/C11H24O3S.Na.H/c1-3-4-5-6-7-8-9-10-11-15(12,13)14-2;;/h3-11H2,1-2H3;;/q;+1;-1. The Hall–Kier alpha value is 0.910. The molecule has 94 valence electrons. The molecule has 5 heteroatoms. The van der Waals surface area contributed by atoms with Crippen molar-refractivity contribution in [1.82, 2.24) is 0 Å². The van der Waals surface area contributed by atoms with Crippen LogP contribution < -0.4 is 29.6 Å². The summed E-state index contributed by atoms with van der Waals surface area (Å²) in [6, 6.07) is 0. The van der Waals surface area contributed by atoms with Crippen molar-refractivity contribution in [3.8, 4) is 0 Å². The SMILES string of the molecule is CCCCCCCCCCS(=O)(=O)OC.[H-].[Na+]. The van der Waals surface area contributed by atoms with Crippen LogP contribution >= 0.6 is 0 Å². The van der Waals surface area contributed by atoms with Crippen LogP contribution in [0.4, 0.5) is 0 Å². The summed E-state index contributed by atoms with van der Waals surface area (Å²) in [4.78, 5) is 0. The molecule has 0 aliphatic rings. The van der Waals surface area contributed by atoms with E-state index in [1.54, 1.807) is 0 Å². The zero-order valence-electron chi connectivity index (χ0n) is 12.0. The first-order valence-electron chi connectivity index (χ1n) is 5.90. The first-order chi connectivity index (χ1) is 7.12. The van der Waals surface area contributed by atoms with Gasteiger partial charge in [0.25, 0.3) is 10.1 Å². The summed E-state index contributed by atoms with van der Waals surface area (Å²) in [6.45, 7) is 2.20. The third-order valence-corrected chi connectivity index (χ3v) is 3.80. The Labute approximate surface area is 124 Å². The van der Waals surface area contributed by atoms with E-state index in [0.717, 1.165) is 19.3 Å². The molecule has 0 heterocycles. The van der Waals surface area contributed by atoms with Gasteiger partial charge in [-0.1, -0.05) is 51.9 Å². The Morgan fingerprint density at radius 3 is 1.81 bits per heavy atom. The third kappa shape index (κ3) is 13.0. The van der Waals surface area contributed by atoms with E-state index in [4.69, 9.17) is 0 Å². The predicted molar refractivity (Wildman–Crippen MR) is 64.5 cm³/mol. The summed E-state index contributed by atoms with van der Waals surface area (Å²) in [5.74, 6) is 0.165. The molecule has 0 aromatic heterocycles. The first kappa shape index (κ1) is 19.3. The van der Waals surface area contributed by atoms with Crippen LogP contribution in [0.3, 0.4) is 0 Å². The molecule has 0 aromatic carbocycles. The fraction of sp³-hybridized carbons (Fsp3) is 1.00. The summed E-state index contributed by atoms with van der Waals surface area (Å²) in [6.07, 6.45) is 9.27. The van der Waals surface area contributed by atoms with Crippen molar-refractivity contribution in [2.45, 2.75) is 58.3 Å². The van der Waals surface area contributed by atoms with Gasteiger partial charge in [0.15, 0.2) is 0 Å². The fourth-order valence-electron chi connectivity index (χ4n) is 1.50. The van der Waals surface area contributed by atoms with Gasteiger partial charge in [-0.05, 0) is 6.42 Å². The number of hydrogen-bond donors (Lipinski definition) is 0. The largest absolute Gasteiger partial charge is 1.00 e. The van der Waals surface area contributed by atoms with Gasteiger partial charge in [0, 0.05) is 0 Å². The molecule has 0 unspecified atom stereocenters. The Morgan fingerprint density at radius 2 is 1.38 bits per heavy atom. The maximum absolute atomic E-state index is 11.0. The molecule has 3 nitrogen and oxygen atoms in total. The summed E-state index contributed by atoms with van der Waals surface area (Å²) < 4.78 is 26.3. The molecule has 0 aliphatic carbocycles. The number of hydrogen-bond acceptors (Lipinski definition) is 3. The second kappa shape index (κ2) is 12.4. The van der Waals surface area contributed by atoms with Gasteiger partial charge in [-0.3, -0.25) is 4.18 Å². The number of unbranched alkanes of at least 4 members (excludes halogenated alkanes) is 7. The van der Waals surface area contributed by atoms with Crippen LogP contribution in [-0.2, 0) is 14.3 Å². The zero-order chi connectivity index (χ0) is 11.6. The Bertz CT molecular complexity index is 233. The van der Waals surface area contributed by atoms with Crippen molar-refractivity contribution in [1.29, 1.82) is 0 Å². The normalized spacial score (nSPS) is 11.1. The first-order valence-corrected chi connectivity index (χ1v) is 7.48. The van der Waals surface area contributed by atoms with E-state index in [1.165, 1.54) is 39.2 Å². The van der Waals surface area contributed by atoms with Crippen LogP contribution in [0.2, 0.25) is 0 Å². The Morgan fingerprint density at radius 1 is 0.938 bits per heavy atom. The van der Waals surface area contributed by atoms with Crippen molar-refractivity contribution in [2.75, 3.05) is 12.9 Å². The van der Waals surface area contributed by atoms with Crippen LogP contribution in [0.15, 0.2) is 0 Å². The maximum Gasteiger partial charge on any atom is 1.00 e. The van der Waals surface area contributed by atoms with Gasteiger partial charge in [-0.25, -0.2) is 0 Å². The van der Waals surface area contributed by atoms with Crippen molar-refractivity contribution in [3.63, 3.8) is 0 Å². The van der Waals surface area contributed by atoms with Gasteiger partial charge in [0.2, 0.25) is 0 Å². The van der Waals surface area contributed by atoms with E-state index in [0.29, 0.717) is 0 Å². The molecule has 0 aliphatic heterocycles. The van der Waals surface area contributed by atoms with Crippen molar-refractivity contribution >= 4 is 10.1 Å². The molecule has 0 saturated carbocycles. The van der Waals surface area contributed by atoms with Gasteiger partial charge >= 0.3 is 29.6 Å². The van der Waals surface area contributed by atoms with Crippen LogP contribution in [0, 0.1) is 0 Å². The molecule has 0 amide bonds. The van der Waals surface area contributed by atoms with Crippen LogP contribution in [0.25, 0.3) is 0 Å². The van der Waals surface area contributed by atoms with Crippen molar-refractivity contribution in [2.24, 2.45) is 0 Å². The summed E-state index contributed by atoms with van der Waals surface area (Å²) in [7, 11) is -2.00. The summed E-state index contributed by atoms with van der Waals surface area (Å²) in [5.41, 5.74) is 0. The summed E-state index contributed by atoms with van der Waals surface area (Å²) in [5, 5.41) is 0. The van der Waals surface area contributed by atoms with E-state index < -0.39 is 10.1 Å². The Kier molecular flexibility index (Phi) is 14.9. The van der Waals surface area contributed by atoms with E-state index >= 15 is 0 Å². The van der Waals surface area contributed by atoms with Crippen LogP contribution in [0.1, 0.15) is 59.7 Å². The smallest absolute Gasteiger partial charge is 1.00 e. The topological polar surface area (TPSA) is 43.4 Å². The van der Waals surface area contributed by atoms with Crippen LogP contribution in [-0.4, -0.2) is 21.3 Å². The molecule has 0 saturated heterocycles. The molecule has 16 heavy (non-hydrogen) atoms. The second-order valence-corrected chi connectivity index (χ2v) is 5.76. The van der Waals surface area contributed by atoms with E-state index in [9.17, 15) is 8.42 Å². The average molecular weight is 260 g/mol. The van der Waals surface area contributed by atoms with Crippen LogP contribution in [0.5, 0.6) is 0 Å². The molecule has 0 fully saturated rings. The molecular weight excluding hydrogens is 235 g/mol.